The van der Waals surface area contributed by atoms with Crippen LogP contribution in [0.25, 0.3) is 0 Å². The quantitative estimate of drug-likeness (QED) is 0.787. The largest absolute Gasteiger partial charge is 0.481 e. The minimum atomic E-state index is -0.874. The number of aliphatic carboxylic acids is 1. The molecule has 6 nitrogen and oxygen atoms in total. The van der Waals surface area contributed by atoms with Gasteiger partial charge in [0, 0.05) is 19.1 Å². The average Bonchev–Trinajstić information content (AvgIpc) is 2.67. The van der Waals surface area contributed by atoms with Crippen LogP contribution in [0.2, 0.25) is 0 Å². The van der Waals surface area contributed by atoms with Crippen LogP contribution in [0.1, 0.15) is 39.0 Å². The van der Waals surface area contributed by atoms with Gasteiger partial charge >= 0.3 is 12.0 Å². The van der Waals surface area contributed by atoms with Crippen molar-refractivity contribution in [3.8, 4) is 0 Å². The summed E-state index contributed by atoms with van der Waals surface area (Å²) in [5.74, 6) is -0.874. The van der Waals surface area contributed by atoms with E-state index < -0.39 is 5.97 Å². The third-order valence-corrected chi connectivity index (χ3v) is 3.72. The van der Waals surface area contributed by atoms with Crippen LogP contribution in [0.15, 0.2) is 0 Å². The Kier molecular flexibility index (Phi) is 4.63. The fraction of sp³-hybridized carbons (Fsp3) is 0.846. The Bertz CT molecular complexity index is 336. The molecule has 2 N–H and O–H groups in total. The zero-order valence-electron chi connectivity index (χ0n) is 11.3. The first kappa shape index (κ1) is 14.1. The number of amides is 2. The first-order valence-electron chi connectivity index (χ1n) is 7.01. The van der Waals surface area contributed by atoms with E-state index in [0.717, 1.165) is 19.3 Å². The smallest absolute Gasteiger partial charge is 0.317 e. The van der Waals surface area contributed by atoms with Gasteiger partial charge in [-0.2, -0.15) is 0 Å². The molecule has 19 heavy (non-hydrogen) atoms. The summed E-state index contributed by atoms with van der Waals surface area (Å²) in [7, 11) is 0. The second-order valence-electron chi connectivity index (χ2n) is 5.40. The molecule has 3 atom stereocenters. The number of nitrogens with zero attached hydrogens (tertiary/aromatic N) is 1. The minimum absolute atomic E-state index is 0.0171. The number of morpholine rings is 1. The van der Waals surface area contributed by atoms with Crippen LogP contribution in [0.4, 0.5) is 4.79 Å². The molecule has 2 fully saturated rings. The minimum Gasteiger partial charge on any atom is -0.481 e. The summed E-state index contributed by atoms with van der Waals surface area (Å²) in [4.78, 5) is 24.7. The van der Waals surface area contributed by atoms with Gasteiger partial charge in [0.15, 0.2) is 0 Å². The summed E-state index contributed by atoms with van der Waals surface area (Å²) < 4.78 is 5.68. The van der Waals surface area contributed by atoms with E-state index in [4.69, 9.17) is 9.84 Å². The molecule has 3 unspecified atom stereocenters. The van der Waals surface area contributed by atoms with Gasteiger partial charge < -0.3 is 20.1 Å². The van der Waals surface area contributed by atoms with E-state index in [-0.39, 0.29) is 30.7 Å². The predicted molar refractivity (Wildman–Crippen MR) is 68.9 cm³/mol. The molecular formula is C13H22N2O4. The number of carbonyl (C=O) groups excluding carboxylic acids is 1. The summed E-state index contributed by atoms with van der Waals surface area (Å²) in [5, 5.41) is 11.7. The Morgan fingerprint density at radius 3 is 2.53 bits per heavy atom. The Morgan fingerprint density at radius 1 is 1.37 bits per heavy atom. The van der Waals surface area contributed by atoms with Gasteiger partial charge in [0.2, 0.25) is 0 Å². The third-order valence-electron chi connectivity index (χ3n) is 3.72. The normalized spacial score (nSPS) is 27.1. The molecule has 2 aliphatic heterocycles. The molecule has 0 saturated carbocycles. The van der Waals surface area contributed by atoms with Gasteiger partial charge in [-0.25, -0.2) is 4.79 Å². The van der Waals surface area contributed by atoms with Crippen molar-refractivity contribution < 1.29 is 19.4 Å². The number of fused-ring (bicyclic) bond motifs is 2. The Hall–Kier alpha value is -1.30. The highest BCUT2D eigenvalue weighted by Crippen LogP contribution is 2.26. The first-order chi connectivity index (χ1) is 9.08. The van der Waals surface area contributed by atoms with Crippen LogP contribution in [0.3, 0.4) is 0 Å². The first-order valence-corrected chi connectivity index (χ1v) is 7.01. The van der Waals surface area contributed by atoms with E-state index in [1.54, 1.807) is 4.90 Å². The summed E-state index contributed by atoms with van der Waals surface area (Å²) in [6, 6.07) is -0.435. The molecule has 2 amide bonds. The third kappa shape index (κ3) is 3.83. The van der Waals surface area contributed by atoms with Crippen LogP contribution in [0, 0.1) is 0 Å². The lowest BCUT2D eigenvalue weighted by molar-refractivity contribution is -0.137. The summed E-state index contributed by atoms with van der Waals surface area (Å²) >= 11 is 0. The molecule has 2 aliphatic rings. The maximum atomic E-state index is 12.2. The number of nitrogens with one attached hydrogen (secondary N) is 1. The molecule has 2 rings (SSSR count). The fourth-order valence-electron chi connectivity index (χ4n) is 2.83. The Morgan fingerprint density at radius 2 is 2.00 bits per heavy atom. The van der Waals surface area contributed by atoms with Crippen molar-refractivity contribution in [2.24, 2.45) is 0 Å². The van der Waals surface area contributed by atoms with Crippen molar-refractivity contribution in [2.75, 3.05) is 13.1 Å². The number of rotatable bonds is 5. The van der Waals surface area contributed by atoms with E-state index in [1.165, 1.54) is 0 Å². The summed E-state index contributed by atoms with van der Waals surface area (Å²) in [6.45, 7) is 3.22. The number of likely N-dealkylation sites (tertiary alicyclic amines) is 1. The monoisotopic (exact) mass is 270 g/mol. The highest BCUT2D eigenvalue weighted by atomic mass is 16.5. The van der Waals surface area contributed by atoms with Crippen molar-refractivity contribution in [1.29, 1.82) is 0 Å². The van der Waals surface area contributed by atoms with Crippen molar-refractivity contribution in [2.45, 2.75) is 57.3 Å². The number of carboxylic acid groups (broad SMARTS) is 1. The zero-order chi connectivity index (χ0) is 13.8. The number of urea groups is 1. The molecule has 108 valence electrons. The number of carboxylic acids is 1. The highest BCUT2D eigenvalue weighted by molar-refractivity contribution is 5.76. The maximum Gasteiger partial charge on any atom is 0.317 e. The molecule has 0 aromatic carbocycles. The number of carbonyl (C=O) groups is 2. The Labute approximate surface area is 113 Å². The van der Waals surface area contributed by atoms with Gasteiger partial charge in [0.05, 0.1) is 18.6 Å². The van der Waals surface area contributed by atoms with Gasteiger partial charge in [-0.3, -0.25) is 4.79 Å². The second kappa shape index (κ2) is 6.23. The summed E-state index contributed by atoms with van der Waals surface area (Å²) in [5.41, 5.74) is 0. The topological polar surface area (TPSA) is 78.9 Å². The number of hydrogen-bond donors (Lipinski definition) is 2. The van der Waals surface area contributed by atoms with E-state index in [2.05, 4.69) is 5.32 Å². The van der Waals surface area contributed by atoms with Gasteiger partial charge in [-0.1, -0.05) is 13.3 Å². The predicted octanol–water partition coefficient (Wildman–Crippen LogP) is 1.20. The summed E-state index contributed by atoms with van der Waals surface area (Å²) in [6.07, 6.45) is 3.88. The SMILES string of the molecule is CCCC(CC(=O)O)NC(=O)N1CC2CCC(C1)O2. The zero-order valence-corrected chi connectivity index (χ0v) is 11.3. The molecule has 0 radical (unpaired) electrons. The van der Waals surface area contributed by atoms with Crippen molar-refractivity contribution in [1.82, 2.24) is 10.2 Å². The van der Waals surface area contributed by atoms with E-state index in [9.17, 15) is 9.59 Å². The second-order valence-corrected chi connectivity index (χ2v) is 5.40. The van der Waals surface area contributed by atoms with Crippen LogP contribution in [-0.4, -0.2) is 53.3 Å². The molecule has 2 saturated heterocycles. The van der Waals surface area contributed by atoms with Crippen molar-refractivity contribution in [3.05, 3.63) is 0 Å². The number of hydrogen-bond acceptors (Lipinski definition) is 3. The van der Waals surface area contributed by atoms with Crippen molar-refractivity contribution >= 4 is 12.0 Å². The highest BCUT2D eigenvalue weighted by Gasteiger charge is 2.36. The maximum absolute atomic E-state index is 12.2. The average molecular weight is 270 g/mol. The molecule has 0 aromatic heterocycles. The molecule has 0 aliphatic carbocycles. The van der Waals surface area contributed by atoms with Crippen LogP contribution < -0.4 is 5.32 Å². The lowest BCUT2D eigenvalue weighted by Gasteiger charge is -2.33. The van der Waals surface area contributed by atoms with Crippen LogP contribution >= 0.6 is 0 Å². The molecule has 0 spiro atoms. The molecule has 2 bridgehead atoms. The van der Waals surface area contributed by atoms with Crippen LogP contribution in [-0.2, 0) is 9.53 Å². The number of ether oxygens (including phenoxy) is 1. The fourth-order valence-corrected chi connectivity index (χ4v) is 2.83. The van der Waals surface area contributed by atoms with Gasteiger partial charge in [-0.15, -0.1) is 0 Å². The molecule has 2 heterocycles. The standard InChI is InChI=1S/C13H22N2O4/c1-2-3-9(6-12(16)17)14-13(18)15-7-10-4-5-11(8-15)19-10/h9-11H,2-8H2,1H3,(H,14,18)(H,16,17). The molecule has 6 heteroatoms. The molecule has 0 aromatic rings. The lowest BCUT2D eigenvalue weighted by Crippen LogP contribution is -2.52. The van der Waals surface area contributed by atoms with Gasteiger partial charge in [0.25, 0.3) is 0 Å². The van der Waals surface area contributed by atoms with E-state index >= 15 is 0 Å². The van der Waals surface area contributed by atoms with E-state index in [0.29, 0.717) is 19.5 Å². The van der Waals surface area contributed by atoms with E-state index in [1.807, 2.05) is 6.92 Å². The van der Waals surface area contributed by atoms with Gasteiger partial charge in [-0.05, 0) is 19.3 Å². The van der Waals surface area contributed by atoms with Crippen LogP contribution in [0.5, 0.6) is 0 Å². The van der Waals surface area contributed by atoms with Gasteiger partial charge in [0.1, 0.15) is 0 Å². The lowest BCUT2D eigenvalue weighted by atomic mass is 10.1. The molecular weight excluding hydrogens is 248 g/mol. The van der Waals surface area contributed by atoms with Crippen molar-refractivity contribution in [3.63, 3.8) is 0 Å². The Balaban J connectivity index is 1.86.